The van der Waals surface area contributed by atoms with Crippen LogP contribution in [0.2, 0.25) is 0 Å². The zero-order valence-electron chi connectivity index (χ0n) is 6.44. The number of hydrogen-bond donors (Lipinski definition) is 0. The molecule has 0 saturated carbocycles. The molecule has 0 unspecified atom stereocenters. The quantitative estimate of drug-likeness (QED) is 0.586. The monoisotopic (exact) mass is 213 g/mol. The molecule has 1 aromatic carbocycles. The van der Waals surface area contributed by atoms with Crippen LogP contribution in [0.15, 0.2) is 35.2 Å². The molecule has 0 aliphatic carbocycles. The van der Waals surface area contributed by atoms with Gasteiger partial charge in [-0.05, 0) is 12.1 Å². The number of halogens is 1. The Morgan fingerprint density at radius 1 is 1.17 bits per heavy atom. The molecule has 60 valence electrons. The van der Waals surface area contributed by atoms with Crippen LogP contribution in [0, 0.1) is 0 Å². The van der Waals surface area contributed by atoms with E-state index in [0.717, 1.165) is 0 Å². The van der Waals surface area contributed by atoms with Crippen molar-refractivity contribution in [3.8, 4) is 0 Å². The van der Waals surface area contributed by atoms with E-state index in [0.29, 0.717) is 0 Å². The van der Waals surface area contributed by atoms with Crippen LogP contribution in [0.3, 0.4) is 0 Å². The summed E-state index contributed by atoms with van der Waals surface area (Å²) >= 11 is 4.86. The molecule has 0 atom stereocenters. The first kappa shape index (κ1) is 12.4. The molecule has 0 bridgehead atoms. The van der Waals surface area contributed by atoms with Crippen molar-refractivity contribution >= 4 is 21.8 Å². The predicted molar refractivity (Wildman–Crippen MR) is 42.8 cm³/mol. The van der Waals surface area contributed by atoms with E-state index in [9.17, 15) is 8.42 Å². The Balaban J connectivity index is 0.00000121. The Labute approximate surface area is 98.6 Å². The van der Waals surface area contributed by atoms with E-state index >= 15 is 0 Å². The average molecular weight is 214 g/mol. The Morgan fingerprint density at radius 2 is 1.67 bits per heavy atom. The van der Waals surface area contributed by atoms with Gasteiger partial charge < -0.3 is 4.24 Å². The molecule has 0 N–H and O–H groups in total. The van der Waals surface area contributed by atoms with Crippen molar-refractivity contribution in [2.24, 2.45) is 0 Å². The minimum Gasteiger partial charge on any atom is -0.458 e. The van der Waals surface area contributed by atoms with Gasteiger partial charge in [-0.2, -0.15) is 0 Å². The first-order valence-corrected chi connectivity index (χ1v) is 4.58. The Kier molecular flexibility index (Phi) is 5.40. The van der Waals surface area contributed by atoms with Gasteiger partial charge in [0, 0.05) is 4.90 Å². The second-order valence-corrected chi connectivity index (χ2v) is 3.83. The van der Waals surface area contributed by atoms with Crippen LogP contribution in [0.1, 0.15) is 0 Å². The molecule has 3 nitrogen and oxygen atoms in total. The first-order chi connectivity index (χ1) is 5.17. The smallest absolute Gasteiger partial charge is 0.458 e. The van der Waals surface area contributed by atoms with Crippen molar-refractivity contribution in [3.63, 3.8) is 0 Å². The molecule has 0 aromatic heterocycles. The van der Waals surface area contributed by atoms with Gasteiger partial charge in [0.1, 0.15) is 10.0 Å². The van der Waals surface area contributed by atoms with E-state index < -0.39 is 10.0 Å². The summed E-state index contributed by atoms with van der Waals surface area (Å²) in [4.78, 5) is 0.106. The largest absolute Gasteiger partial charge is 1.00 e. The summed E-state index contributed by atoms with van der Waals surface area (Å²) in [6.45, 7) is 0. The topological polar surface area (TPSA) is 48.2 Å². The molecule has 0 amide bonds. The van der Waals surface area contributed by atoms with Crippen LogP contribution in [0.25, 0.3) is 4.24 Å². The van der Waals surface area contributed by atoms with E-state index in [1.165, 1.54) is 12.1 Å². The summed E-state index contributed by atoms with van der Waals surface area (Å²) in [5.74, 6) is 0. The summed E-state index contributed by atoms with van der Waals surface area (Å²) < 4.78 is 24.5. The maximum atomic E-state index is 10.9. The van der Waals surface area contributed by atoms with Gasteiger partial charge in [0.25, 0.3) is 0 Å². The van der Waals surface area contributed by atoms with Crippen molar-refractivity contribution in [2.45, 2.75) is 4.90 Å². The fraction of sp³-hybridized carbons (Fsp3) is 0. The van der Waals surface area contributed by atoms with E-state index in [-0.39, 0.29) is 34.5 Å². The fourth-order valence-corrected chi connectivity index (χ4v) is 1.45. The van der Waals surface area contributed by atoms with E-state index in [1.807, 2.05) is 0 Å². The number of sulfonamides is 1. The third-order valence-corrected chi connectivity index (χ3v) is 2.73. The molecule has 0 aliphatic heterocycles. The van der Waals surface area contributed by atoms with Gasteiger partial charge >= 0.3 is 29.6 Å². The molecule has 0 heterocycles. The molecule has 0 aliphatic rings. The summed E-state index contributed by atoms with van der Waals surface area (Å²) in [5, 5.41) is 0. The summed E-state index contributed by atoms with van der Waals surface area (Å²) in [5.41, 5.74) is 0. The number of hydrogen-bond acceptors (Lipinski definition) is 2. The molecular formula is C6H5ClNNaO2S. The van der Waals surface area contributed by atoms with Crippen LogP contribution in [0.5, 0.6) is 0 Å². The standard InChI is InChI=1S/C6H5ClNO2S.Na/c7-8-11(9,10)6-4-2-1-3-5-6;/h1-5H;/q-1;+1. The summed E-state index contributed by atoms with van der Waals surface area (Å²) in [7, 11) is -3.61. The average Bonchev–Trinajstić information content (AvgIpc) is 2.06. The molecule has 0 fully saturated rings. The van der Waals surface area contributed by atoms with Crippen molar-refractivity contribution in [1.29, 1.82) is 0 Å². The second kappa shape index (κ2) is 5.21. The zero-order chi connectivity index (χ0) is 8.32. The summed E-state index contributed by atoms with van der Waals surface area (Å²) in [6.07, 6.45) is 0. The molecule has 6 heteroatoms. The second-order valence-electron chi connectivity index (χ2n) is 1.86. The van der Waals surface area contributed by atoms with Gasteiger partial charge in [0.2, 0.25) is 0 Å². The normalized spacial score (nSPS) is 10.4. The molecule has 0 spiro atoms. The number of rotatable bonds is 2. The van der Waals surface area contributed by atoms with E-state index in [4.69, 9.17) is 11.8 Å². The third kappa shape index (κ3) is 3.05. The van der Waals surface area contributed by atoms with E-state index in [2.05, 4.69) is 4.24 Å². The number of benzene rings is 1. The minimum absolute atomic E-state index is 0. The minimum atomic E-state index is -3.61. The molecular weight excluding hydrogens is 209 g/mol. The van der Waals surface area contributed by atoms with Crippen LogP contribution in [-0.4, -0.2) is 8.42 Å². The third-order valence-electron chi connectivity index (χ3n) is 1.13. The SMILES string of the molecule is O=S(=O)([N-]Cl)c1ccccc1.[Na+]. The number of nitrogens with zero attached hydrogens (tertiary/aromatic N) is 1. The van der Waals surface area contributed by atoms with E-state index in [1.54, 1.807) is 18.2 Å². The Morgan fingerprint density at radius 3 is 2.08 bits per heavy atom. The first-order valence-electron chi connectivity index (χ1n) is 2.80. The van der Waals surface area contributed by atoms with Gasteiger partial charge in [-0.1, -0.05) is 18.2 Å². The molecule has 0 saturated heterocycles. The predicted octanol–water partition coefficient (Wildman–Crippen LogP) is -1.09. The van der Waals surface area contributed by atoms with Crippen molar-refractivity contribution in [3.05, 3.63) is 34.6 Å². The van der Waals surface area contributed by atoms with Gasteiger partial charge in [0.05, 0.1) is 0 Å². The van der Waals surface area contributed by atoms with Crippen molar-refractivity contribution in [2.75, 3.05) is 0 Å². The van der Waals surface area contributed by atoms with Crippen LogP contribution in [0.4, 0.5) is 0 Å². The van der Waals surface area contributed by atoms with Crippen LogP contribution in [-0.2, 0) is 10.0 Å². The molecule has 1 aromatic rings. The van der Waals surface area contributed by atoms with Crippen LogP contribution < -0.4 is 29.6 Å². The molecule has 12 heavy (non-hydrogen) atoms. The van der Waals surface area contributed by atoms with Gasteiger partial charge in [0.15, 0.2) is 0 Å². The Hall–Kier alpha value is 0.420. The maximum absolute atomic E-state index is 10.9. The zero-order valence-corrected chi connectivity index (χ0v) is 10.0. The van der Waals surface area contributed by atoms with Gasteiger partial charge in [-0.25, -0.2) is 8.42 Å². The molecule has 0 radical (unpaired) electrons. The Bertz CT molecular complexity index is 327. The van der Waals surface area contributed by atoms with Gasteiger partial charge in [-0.15, -0.1) is 0 Å². The maximum Gasteiger partial charge on any atom is 1.00 e. The van der Waals surface area contributed by atoms with Gasteiger partial charge in [-0.3, -0.25) is 11.8 Å². The molecule has 1 rings (SSSR count). The fourth-order valence-electron chi connectivity index (χ4n) is 0.632. The van der Waals surface area contributed by atoms with Crippen molar-refractivity contribution in [1.82, 2.24) is 0 Å². The van der Waals surface area contributed by atoms with Crippen LogP contribution >= 0.6 is 11.8 Å². The van der Waals surface area contributed by atoms with Crippen molar-refractivity contribution < 1.29 is 38.0 Å². The summed E-state index contributed by atoms with van der Waals surface area (Å²) in [6, 6.07) is 7.79.